The van der Waals surface area contributed by atoms with E-state index >= 15 is 0 Å². The lowest BCUT2D eigenvalue weighted by Crippen LogP contribution is -2.74. The molecule has 0 N–H and O–H groups in total. The topological polar surface area (TPSA) is 38.6 Å². The molecule has 0 amide bonds. The van der Waals surface area contributed by atoms with Crippen LogP contribution in [0.5, 0.6) is 0 Å². The highest BCUT2D eigenvalue weighted by molar-refractivity contribution is 7.19. The fraction of sp³-hybridized carbons (Fsp3) is 0. The molecular weight excluding hydrogens is 817 g/mol. The van der Waals surface area contributed by atoms with Crippen molar-refractivity contribution in [3.05, 3.63) is 248 Å². The van der Waals surface area contributed by atoms with Crippen molar-refractivity contribution in [3.63, 3.8) is 0 Å². The molecular formula is C61H40N4Si. The second-order valence-electron chi connectivity index (χ2n) is 17.2. The number of rotatable bonds is 7. The van der Waals surface area contributed by atoms with Gasteiger partial charge in [0.25, 0.3) is 0 Å². The molecule has 0 saturated heterocycles. The minimum atomic E-state index is -2.79. The van der Waals surface area contributed by atoms with E-state index in [1.54, 1.807) is 0 Å². The first-order chi connectivity index (χ1) is 32.7. The Kier molecular flexibility index (Phi) is 8.57. The van der Waals surface area contributed by atoms with Crippen molar-refractivity contribution in [2.75, 3.05) is 0 Å². The van der Waals surface area contributed by atoms with Crippen LogP contribution in [0.2, 0.25) is 0 Å². The molecule has 0 spiro atoms. The second-order valence-corrected chi connectivity index (χ2v) is 21.0. The van der Waals surface area contributed by atoms with Gasteiger partial charge < -0.3 is 13.7 Å². The average Bonchev–Trinajstić information content (AvgIpc) is 4.02. The summed E-state index contributed by atoms with van der Waals surface area (Å²) in [6, 6.07) is 91.1. The van der Waals surface area contributed by atoms with E-state index in [1.807, 2.05) is 12.1 Å². The molecule has 4 nitrogen and oxygen atoms in total. The van der Waals surface area contributed by atoms with Crippen LogP contribution in [-0.2, 0) is 0 Å². The zero-order valence-corrected chi connectivity index (χ0v) is 36.9. The lowest BCUT2D eigenvalue weighted by Gasteiger charge is -2.34. The van der Waals surface area contributed by atoms with E-state index in [-0.39, 0.29) is 0 Å². The Morgan fingerprint density at radius 3 is 1.23 bits per heavy atom. The molecule has 66 heavy (non-hydrogen) atoms. The Hall–Kier alpha value is -8.69. The highest BCUT2D eigenvalue weighted by atomic mass is 28.3. The summed E-state index contributed by atoms with van der Waals surface area (Å²) in [7, 11) is -2.79. The normalized spacial score (nSPS) is 11.9. The Balaban J connectivity index is 1.04. The van der Waals surface area contributed by atoms with Gasteiger partial charge in [0, 0.05) is 49.4 Å². The van der Waals surface area contributed by atoms with Crippen LogP contribution in [0.4, 0.5) is 0 Å². The molecule has 0 radical (unpaired) electrons. The van der Waals surface area contributed by atoms with Gasteiger partial charge in [0.1, 0.15) is 0 Å². The van der Waals surface area contributed by atoms with Gasteiger partial charge in [0.15, 0.2) is 8.07 Å². The van der Waals surface area contributed by atoms with Gasteiger partial charge in [0.2, 0.25) is 0 Å². The van der Waals surface area contributed by atoms with E-state index < -0.39 is 8.07 Å². The summed E-state index contributed by atoms with van der Waals surface area (Å²) in [5.41, 5.74) is 10.7. The quantitative estimate of drug-likeness (QED) is 0.116. The molecule has 13 aromatic rings. The summed E-state index contributed by atoms with van der Waals surface area (Å²) in [6.45, 7) is 0. The summed E-state index contributed by atoms with van der Waals surface area (Å²) >= 11 is 0. The molecule has 0 aliphatic heterocycles. The Morgan fingerprint density at radius 1 is 0.273 bits per heavy atom. The maximum absolute atomic E-state index is 9.90. The standard InChI is InChI=1S/C61H40N4Si/c62-41-42-31-34-53-50-25-10-14-29-57(50)65(60(53)37-42)44-33-36-59-55(39-44)52-27-12-15-30-58(52)63(59)45-32-35-54-51-26-11-13-28-56(51)64(61(54)40-45)43-17-16-24-49(38-43)66(46-18-4-1-5-19-46,47-20-6-2-7-21-47)48-22-8-3-9-23-48/h1-40H. The van der Waals surface area contributed by atoms with Crippen LogP contribution in [-0.4, -0.2) is 21.8 Å². The Labute approximate surface area is 382 Å². The van der Waals surface area contributed by atoms with Crippen LogP contribution in [0, 0.1) is 11.3 Å². The lowest BCUT2D eigenvalue weighted by atomic mass is 10.1. The minimum absolute atomic E-state index is 0.647. The smallest absolute Gasteiger partial charge is 0.179 e. The van der Waals surface area contributed by atoms with Gasteiger partial charge in [-0.25, -0.2) is 0 Å². The highest BCUT2D eigenvalue weighted by Crippen LogP contribution is 2.39. The highest BCUT2D eigenvalue weighted by Gasteiger charge is 2.41. The predicted molar refractivity (Wildman–Crippen MR) is 278 cm³/mol. The van der Waals surface area contributed by atoms with Gasteiger partial charge in [-0.2, -0.15) is 5.26 Å². The largest absolute Gasteiger partial charge is 0.309 e. The van der Waals surface area contributed by atoms with Gasteiger partial charge in [0.05, 0.1) is 44.7 Å². The van der Waals surface area contributed by atoms with E-state index in [9.17, 15) is 5.26 Å². The number of hydrogen-bond donors (Lipinski definition) is 0. The molecule has 0 saturated carbocycles. The maximum Gasteiger partial charge on any atom is 0.179 e. The fourth-order valence-corrected chi connectivity index (χ4v) is 15.8. The molecule has 308 valence electrons. The maximum atomic E-state index is 9.90. The zero-order valence-electron chi connectivity index (χ0n) is 35.9. The molecule has 0 bridgehead atoms. The summed E-state index contributed by atoms with van der Waals surface area (Å²) in [6.07, 6.45) is 0. The van der Waals surface area contributed by atoms with Gasteiger partial charge in [-0.1, -0.05) is 170 Å². The minimum Gasteiger partial charge on any atom is -0.309 e. The van der Waals surface area contributed by atoms with Crippen molar-refractivity contribution < 1.29 is 0 Å². The fourth-order valence-electron chi connectivity index (χ4n) is 11.0. The predicted octanol–water partition coefficient (Wildman–Crippen LogP) is 12.2. The van der Waals surface area contributed by atoms with E-state index in [0.717, 1.165) is 50.0 Å². The Morgan fingerprint density at radius 2 is 0.667 bits per heavy atom. The molecule has 0 atom stereocenters. The molecule has 0 fully saturated rings. The average molecular weight is 857 g/mol. The third kappa shape index (κ3) is 5.56. The Bertz CT molecular complexity index is 3960. The van der Waals surface area contributed by atoms with Crippen molar-refractivity contribution in [1.82, 2.24) is 13.7 Å². The lowest BCUT2D eigenvalue weighted by molar-refractivity contribution is 1.15. The second kappa shape index (κ2) is 15.0. The number of nitrogens with zero attached hydrogens (tertiary/aromatic N) is 4. The van der Waals surface area contributed by atoms with Crippen molar-refractivity contribution in [2.45, 2.75) is 0 Å². The van der Waals surface area contributed by atoms with E-state index in [4.69, 9.17) is 0 Å². The van der Waals surface area contributed by atoms with E-state index in [1.165, 1.54) is 53.2 Å². The molecule has 13 rings (SSSR count). The number of nitriles is 1. The number of benzene rings is 10. The van der Waals surface area contributed by atoms with Crippen molar-refractivity contribution in [1.29, 1.82) is 5.26 Å². The third-order valence-corrected chi connectivity index (χ3v) is 18.6. The van der Waals surface area contributed by atoms with Crippen LogP contribution >= 0.6 is 0 Å². The van der Waals surface area contributed by atoms with Crippen LogP contribution in [0.25, 0.3) is 82.5 Å². The first-order valence-electron chi connectivity index (χ1n) is 22.5. The molecule has 0 unspecified atom stereocenters. The third-order valence-electron chi connectivity index (χ3n) is 13.8. The SMILES string of the molecule is N#Cc1ccc2c3ccccc3n(-c3ccc4c(c3)c3ccccc3n4-c3ccc4c5ccccc5n(-c5cccc([Si](c6ccccc6)(c6ccccc6)c6ccccc6)c5)c4c3)c2c1. The summed E-state index contributed by atoms with van der Waals surface area (Å²) in [5.74, 6) is 0. The molecule has 3 aromatic heterocycles. The van der Waals surface area contributed by atoms with Crippen LogP contribution in [0.15, 0.2) is 243 Å². The molecule has 0 aliphatic rings. The van der Waals surface area contributed by atoms with Crippen LogP contribution in [0.1, 0.15) is 5.56 Å². The summed E-state index contributed by atoms with van der Waals surface area (Å²) < 4.78 is 7.20. The molecule has 10 aromatic carbocycles. The van der Waals surface area contributed by atoms with Crippen molar-refractivity contribution >= 4 is 94.2 Å². The van der Waals surface area contributed by atoms with Gasteiger partial charge in [-0.05, 0) is 93.5 Å². The van der Waals surface area contributed by atoms with Gasteiger partial charge >= 0.3 is 0 Å². The van der Waals surface area contributed by atoms with Crippen molar-refractivity contribution in [2.24, 2.45) is 0 Å². The van der Waals surface area contributed by atoms with Gasteiger partial charge in [-0.3, -0.25) is 0 Å². The molecule has 5 heteroatoms. The van der Waals surface area contributed by atoms with Gasteiger partial charge in [-0.15, -0.1) is 0 Å². The van der Waals surface area contributed by atoms with E-state index in [0.29, 0.717) is 5.56 Å². The zero-order chi connectivity index (χ0) is 43.8. The summed E-state index contributed by atoms with van der Waals surface area (Å²) in [5, 5.41) is 22.4. The van der Waals surface area contributed by atoms with Crippen LogP contribution < -0.4 is 20.7 Å². The van der Waals surface area contributed by atoms with E-state index in [2.05, 4.69) is 250 Å². The first kappa shape index (κ1) is 37.8. The number of fused-ring (bicyclic) bond motifs is 9. The first-order valence-corrected chi connectivity index (χ1v) is 24.5. The monoisotopic (exact) mass is 856 g/mol. The van der Waals surface area contributed by atoms with Crippen molar-refractivity contribution in [3.8, 4) is 23.1 Å². The number of para-hydroxylation sites is 3. The molecule has 3 heterocycles. The van der Waals surface area contributed by atoms with Crippen LogP contribution in [0.3, 0.4) is 0 Å². The number of aromatic nitrogens is 3. The molecule has 0 aliphatic carbocycles. The summed E-state index contributed by atoms with van der Waals surface area (Å²) in [4.78, 5) is 0. The number of hydrogen-bond acceptors (Lipinski definition) is 1.